The summed E-state index contributed by atoms with van der Waals surface area (Å²) in [5.74, 6) is 0.825. The summed E-state index contributed by atoms with van der Waals surface area (Å²) in [5, 5.41) is 4.19. The second kappa shape index (κ2) is 4.94. The van der Waals surface area contributed by atoms with Crippen molar-refractivity contribution in [2.24, 2.45) is 0 Å². The Morgan fingerprint density at radius 2 is 1.58 bits per heavy atom. The van der Waals surface area contributed by atoms with E-state index < -0.39 is 0 Å². The summed E-state index contributed by atoms with van der Waals surface area (Å²) in [6.45, 7) is 1.93. The summed E-state index contributed by atoms with van der Waals surface area (Å²) in [6, 6.07) is 18.1. The highest BCUT2D eigenvalue weighted by Crippen LogP contribution is 2.34. The van der Waals surface area contributed by atoms with Gasteiger partial charge in [-0.3, -0.25) is 0 Å². The summed E-state index contributed by atoms with van der Waals surface area (Å²) in [5.41, 5.74) is 4.07. The molecule has 3 heteroatoms. The Kier molecular flexibility index (Phi) is 3.13. The van der Waals surface area contributed by atoms with Crippen molar-refractivity contribution in [3.63, 3.8) is 0 Å². The van der Waals surface area contributed by atoms with Crippen LogP contribution in [-0.4, -0.2) is 5.16 Å². The Labute approximate surface area is 117 Å². The van der Waals surface area contributed by atoms with Gasteiger partial charge in [-0.05, 0) is 24.6 Å². The maximum absolute atomic E-state index is 5.37. The first-order valence-corrected chi connectivity index (χ1v) is 6.51. The second-order valence-corrected chi connectivity index (χ2v) is 4.89. The number of hydrogen-bond donors (Lipinski definition) is 1. The van der Waals surface area contributed by atoms with Crippen LogP contribution >= 0.6 is 12.6 Å². The van der Waals surface area contributed by atoms with E-state index in [9.17, 15) is 0 Å². The van der Waals surface area contributed by atoms with Gasteiger partial charge >= 0.3 is 0 Å². The fraction of sp³-hybridized carbons (Fsp3) is 0.0625. The molecule has 1 aromatic heterocycles. The minimum atomic E-state index is 0.825. The fourth-order valence-corrected chi connectivity index (χ4v) is 2.28. The van der Waals surface area contributed by atoms with Gasteiger partial charge in [0.05, 0.1) is 5.56 Å². The van der Waals surface area contributed by atoms with Gasteiger partial charge in [-0.15, -0.1) is 12.6 Å². The zero-order valence-electron chi connectivity index (χ0n) is 10.5. The van der Waals surface area contributed by atoms with Crippen molar-refractivity contribution in [3.8, 4) is 22.4 Å². The lowest BCUT2D eigenvalue weighted by molar-refractivity contribution is 0.400. The Hall–Kier alpha value is -2.00. The van der Waals surface area contributed by atoms with E-state index in [-0.39, 0.29) is 0 Å². The van der Waals surface area contributed by atoms with Crippen LogP contribution in [0, 0.1) is 6.92 Å². The lowest BCUT2D eigenvalue weighted by Gasteiger charge is -2.03. The molecule has 2 nitrogen and oxygen atoms in total. The average molecular weight is 267 g/mol. The Morgan fingerprint density at radius 1 is 0.895 bits per heavy atom. The minimum Gasteiger partial charge on any atom is -0.360 e. The molecule has 0 aliphatic carbocycles. The number of hydrogen-bond acceptors (Lipinski definition) is 3. The van der Waals surface area contributed by atoms with Gasteiger partial charge in [0.1, 0.15) is 11.5 Å². The van der Waals surface area contributed by atoms with Crippen LogP contribution < -0.4 is 0 Å². The number of aryl methyl sites for hydroxylation is 1. The number of rotatable bonds is 2. The van der Waals surface area contributed by atoms with Gasteiger partial charge in [-0.2, -0.15) is 0 Å². The lowest BCUT2D eigenvalue weighted by atomic mass is 10.00. The zero-order valence-corrected chi connectivity index (χ0v) is 11.4. The van der Waals surface area contributed by atoms with Gasteiger partial charge in [0.15, 0.2) is 0 Å². The van der Waals surface area contributed by atoms with E-state index >= 15 is 0 Å². The van der Waals surface area contributed by atoms with Crippen molar-refractivity contribution in [1.29, 1.82) is 0 Å². The highest BCUT2D eigenvalue weighted by atomic mass is 32.1. The number of thiol groups is 1. The molecule has 0 N–H and O–H groups in total. The molecule has 0 fully saturated rings. The standard InChI is InChI=1S/C16H13NOS/c1-11-15(12-7-9-14(19)10-8-12)16(17-18-11)13-5-3-2-4-6-13/h2-10,19H,1H3. The molecule has 3 rings (SSSR count). The smallest absolute Gasteiger partial charge is 0.142 e. The van der Waals surface area contributed by atoms with Gasteiger partial charge in [0.25, 0.3) is 0 Å². The normalized spacial score (nSPS) is 10.6. The Morgan fingerprint density at radius 3 is 2.26 bits per heavy atom. The van der Waals surface area contributed by atoms with Crippen LogP contribution in [0.5, 0.6) is 0 Å². The molecule has 2 aromatic carbocycles. The van der Waals surface area contributed by atoms with E-state index in [2.05, 4.69) is 17.8 Å². The van der Waals surface area contributed by atoms with Crippen molar-refractivity contribution in [3.05, 3.63) is 60.4 Å². The molecule has 0 saturated carbocycles. The zero-order chi connectivity index (χ0) is 13.2. The Bertz CT molecular complexity index is 687. The predicted octanol–water partition coefficient (Wildman–Crippen LogP) is 4.61. The molecule has 0 bridgehead atoms. The first-order chi connectivity index (χ1) is 9.25. The van der Waals surface area contributed by atoms with Crippen LogP contribution in [0.1, 0.15) is 5.76 Å². The molecule has 3 aromatic rings. The topological polar surface area (TPSA) is 26.0 Å². The molecular formula is C16H13NOS. The molecule has 0 spiro atoms. The van der Waals surface area contributed by atoms with E-state index in [4.69, 9.17) is 4.52 Å². The molecule has 0 amide bonds. The summed E-state index contributed by atoms with van der Waals surface area (Å²) >= 11 is 4.31. The Balaban J connectivity index is 2.17. The highest BCUT2D eigenvalue weighted by molar-refractivity contribution is 7.80. The van der Waals surface area contributed by atoms with E-state index in [1.165, 1.54) is 0 Å². The van der Waals surface area contributed by atoms with Crippen molar-refractivity contribution in [2.45, 2.75) is 11.8 Å². The molecule has 0 atom stereocenters. The van der Waals surface area contributed by atoms with Crippen LogP contribution in [0.25, 0.3) is 22.4 Å². The van der Waals surface area contributed by atoms with Gasteiger partial charge in [0.2, 0.25) is 0 Å². The van der Waals surface area contributed by atoms with Gasteiger partial charge in [-0.25, -0.2) is 0 Å². The average Bonchev–Trinajstić information content (AvgIpc) is 2.83. The SMILES string of the molecule is Cc1onc(-c2ccccc2)c1-c1ccc(S)cc1. The van der Waals surface area contributed by atoms with Crippen LogP contribution in [0.4, 0.5) is 0 Å². The van der Waals surface area contributed by atoms with Crippen molar-refractivity contribution in [2.75, 3.05) is 0 Å². The molecule has 19 heavy (non-hydrogen) atoms. The van der Waals surface area contributed by atoms with E-state index in [1.807, 2.05) is 61.5 Å². The van der Waals surface area contributed by atoms with Crippen molar-refractivity contribution < 1.29 is 4.52 Å². The van der Waals surface area contributed by atoms with Crippen molar-refractivity contribution in [1.82, 2.24) is 5.16 Å². The molecule has 0 saturated heterocycles. The predicted molar refractivity (Wildman–Crippen MR) is 79.4 cm³/mol. The molecule has 1 heterocycles. The summed E-state index contributed by atoms with van der Waals surface area (Å²) in [4.78, 5) is 0.944. The minimum absolute atomic E-state index is 0.825. The molecule has 0 radical (unpaired) electrons. The van der Waals surface area contributed by atoms with Crippen molar-refractivity contribution >= 4 is 12.6 Å². The highest BCUT2D eigenvalue weighted by Gasteiger charge is 2.15. The maximum Gasteiger partial charge on any atom is 0.142 e. The lowest BCUT2D eigenvalue weighted by Crippen LogP contribution is -1.83. The molecule has 94 valence electrons. The number of benzene rings is 2. The largest absolute Gasteiger partial charge is 0.360 e. The summed E-state index contributed by atoms with van der Waals surface area (Å²) < 4.78 is 5.37. The molecule has 0 unspecified atom stereocenters. The van der Waals surface area contributed by atoms with E-state index in [1.54, 1.807) is 0 Å². The third-order valence-electron chi connectivity index (χ3n) is 3.07. The van der Waals surface area contributed by atoms with E-state index in [0.29, 0.717) is 0 Å². The van der Waals surface area contributed by atoms with Gasteiger partial charge < -0.3 is 4.52 Å². The summed E-state index contributed by atoms with van der Waals surface area (Å²) in [7, 11) is 0. The van der Waals surface area contributed by atoms with Crippen LogP contribution in [0.3, 0.4) is 0 Å². The second-order valence-electron chi connectivity index (χ2n) is 4.38. The third kappa shape index (κ3) is 2.29. The van der Waals surface area contributed by atoms with Crippen LogP contribution in [-0.2, 0) is 0 Å². The first-order valence-electron chi connectivity index (χ1n) is 6.07. The van der Waals surface area contributed by atoms with Gasteiger partial charge in [0, 0.05) is 10.5 Å². The summed E-state index contributed by atoms with van der Waals surface area (Å²) in [6.07, 6.45) is 0. The number of nitrogens with zero attached hydrogens (tertiary/aromatic N) is 1. The van der Waals surface area contributed by atoms with Gasteiger partial charge in [-0.1, -0.05) is 47.6 Å². The van der Waals surface area contributed by atoms with Crippen LogP contribution in [0.2, 0.25) is 0 Å². The quantitative estimate of drug-likeness (QED) is 0.686. The fourth-order valence-electron chi connectivity index (χ4n) is 2.13. The molecule has 0 aliphatic rings. The third-order valence-corrected chi connectivity index (χ3v) is 3.36. The first kappa shape index (κ1) is 12.1. The van der Waals surface area contributed by atoms with E-state index in [0.717, 1.165) is 33.0 Å². The molecule has 0 aliphatic heterocycles. The maximum atomic E-state index is 5.37. The number of aromatic nitrogens is 1. The monoisotopic (exact) mass is 267 g/mol. The van der Waals surface area contributed by atoms with Crippen LogP contribution in [0.15, 0.2) is 64.0 Å². The molecular weight excluding hydrogens is 254 g/mol.